The van der Waals surface area contributed by atoms with Crippen LogP contribution < -0.4 is 5.32 Å². The molecule has 6 heteroatoms. The summed E-state index contributed by atoms with van der Waals surface area (Å²) in [5.74, 6) is -1.40. The zero-order chi connectivity index (χ0) is 13.9. The second-order valence-electron chi connectivity index (χ2n) is 4.29. The fourth-order valence-corrected chi connectivity index (χ4v) is 1.88. The first kappa shape index (κ1) is 14.2. The van der Waals surface area contributed by atoms with Gasteiger partial charge in [0, 0.05) is 5.69 Å². The Morgan fingerprint density at radius 3 is 2.50 bits per heavy atom. The van der Waals surface area contributed by atoms with Crippen molar-refractivity contribution in [2.75, 3.05) is 0 Å². The molecule has 1 heterocycles. The van der Waals surface area contributed by atoms with Gasteiger partial charge in [0.05, 0.1) is 5.69 Å². The summed E-state index contributed by atoms with van der Waals surface area (Å²) < 4.78 is 1.61. The number of rotatable bonds is 5. The number of amides is 1. The zero-order valence-corrected chi connectivity index (χ0v) is 11.1. The van der Waals surface area contributed by atoms with Crippen LogP contribution in [0.25, 0.3) is 0 Å². The summed E-state index contributed by atoms with van der Waals surface area (Å²) in [6, 6.07) is -0.889. The molecule has 0 aliphatic carbocycles. The highest BCUT2D eigenvalue weighted by atomic mass is 16.4. The van der Waals surface area contributed by atoms with Gasteiger partial charge >= 0.3 is 5.97 Å². The fourth-order valence-electron chi connectivity index (χ4n) is 1.88. The summed E-state index contributed by atoms with van der Waals surface area (Å²) >= 11 is 0. The first-order valence-electron chi connectivity index (χ1n) is 5.91. The third-order valence-electron chi connectivity index (χ3n) is 2.93. The van der Waals surface area contributed by atoms with Gasteiger partial charge in [-0.25, -0.2) is 0 Å². The number of hydrogen-bond donors (Lipinski definition) is 2. The molecule has 18 heavy (non-hydrogen) atoms. The first-order chi connectivity index (χ1) is 8.36. The van der Waals surface area contributed by atoms with Crippen molar-refractivity contribution in [3.8, 4) is 0 Å². The summed E-state index contributed by atoms with van der Waals surface area (Å²) in [6.45, 7) is 7.32. The number of carbonyl (C=O) groups is 2. The maximum atomic E-state index is 11.7. The Morgan fingerprint density at radius 1 is 1.44 bits per heavy atom. The minimum Gasteiger partial charge on any atom is -0.480 e. The van der Waals surface area contributed by atoms with Gasteiger partial charge in [0.25, 0.3) is 0 Å². The van der Waals surface area contributed by atoms with E-state index in [1.165, 1.54) is 6.92 Å². The number of hydrogen-bond acceptors (Lipinski definition) is 3. The molecule has 0 radical (unpaired) electrons. The quantitative estimate of drug-likeness (QED) is 0.807. The molecule has 0 saturated carbocycles. The summed E-state index contributed by atoms with van der Waals surface area (Å²) in [4.78, 5) is 22.3. The van der Waals surface area contributed by atoms with Gasteiger partial charge in [-0.1, -0.05) is 6.92 Å². The van der Waals surface area contributed by atoms with Gasteiger partial charge in [-0.05, 0) is 32.8 Å². The molecule has 1 amide bonds. The van der Waals surface area contributed by atoms with Crippen molar-refractivity contribution in [1.82, 2.24) is 15.1 Å². The van der Waals surface area contributed by atoms with E-state index in [2.05, 4.69) is 10.4 Å². The first-order valence-corrected chi connectivity index (χ1v) is 5.91. The monoisotopic (exact) mass is 253 g/mol. The molecule has 0 bridgehead atoms. The predicted molar refractivity (Wildman–Crippen MR) is 66.3 cm³/mol. The summed E-state index contributed by atoms with van der Waals surface area (Å²) in [5, 5.41) is 15.4. The van der Waals surface area contributed by atoms with E-state index < -0.39 is 12.0 Å². The molecule has 2 N–H and O–H groups in total. The fraction of sp³-hybridized carbons (Fsp3) is 0.583. The largest absolute Gasteiger partial charge is 0.480 e. The molecule has 0 spiro atoms. The number of aryl methyl sites for hydroxylation is 1. The highest BCUT2D eigenvalue weighted by Crippen LogP contribution is 2.13. The van der Waals surface area contributed by atoms with E-state index >= 15 is 0 Å². The van der Waals surface area contributed by atoms with Crippen LogP contribution in [0.4, 0.5) is 0 Å². The van der Waals surface area contributed by atoms with E-state index in [1.807, 2.05) is 20.8 Å². The minimum atomic E-state index is -1.05. The van der Waals surface area contributed by atoms with Crippen molar-refractivity contribution in [3.05, 3.63) is 17.0 Å². The molecule has 1 atom stereocenters. The second kappa shape index (κ2) is 5.66. The lowest BCUT2D eigenvalue weighted by Gasteiger charge is -2.10. The maximum Gasteiger partial charge on any atom is 0.325 e. The Labute approximate surface area is 106 Å². The van der Waals surface area contributed by atoms with Crippen molar-refractivity contribution >= 4 is 11.9 Å². The molecule has 0 unspecified atom stereocenters. The Bertz CT molecular complexity index is 465. The van der Waals surface area contributed by atoms with Crippen LogP contribution in [0.2, 0.25) is 0 Å². The van der Waals surface area contributed by atoms with Crippen LogP contribution in [-0.4, -0.2) is 32.8 Å². The zero-order valence-electron chi connectivity index (χ0n) is 11.1. The Balaban J connectivity index is 2.74. The van der Waals surface area contributed by atoms with Crippen LogP contribution in [0.1, 0.15) is 30.8 Å². The van der Waals surface area contributed by atoms with Crippen molar-refractivity contribution in [2.24, 2.45) is 0 Å². The van der Waals surface area contributed by atoms with Crippen molar-refractivity contribution in [3.63, 3.8) is 0 Å². The van der Waals surface area contributed by atoms with Gasteiger partial charge in [-0.3, -0.25) is 14.3 Å². The predicted octanol–water partition coefficient (Wildman–Crippen LogP) is 0.652. The molecular weight excluding hydrogens is 234 g/mol. The second-order valence-corrected chi connectivity index (χ2v) is 4.29. The van der Waals surface area contributed by atoms with E-state index in [4.69, 9.17) is 5.11 Å². The molecule has 1 aromatic heterocycles. The van der Waals surface area contributed by atoms with E-state index in [9.17, 15) is 9.59 Å². The highest BCUT2D eigenvalue weighted by Gasteiger charge is 2.16. The van der Waals surface area contributed by atoms with Crippen LogP contribution in [-0.2, 0) is 22.6 Å². The number of nitrogens with zero attached hydrogens (tertiary/aromatic N) is 2. The van der Waals surface area contributed by atoms with Gasteiger partial charge in [-0.2, -0.15) is 5.10 Å². The SMILES string of the molecule is CCc1c(C)nn(CC(=O)N[C@H](C)C(=O)O)c1C. The molecule has 100 valence electrons. The van der Waals surface area contributed by atoms with Gasteiger partial charge in [-0.15, -0.1) is 0 Å². The lowest BCUT2D eigenvalue weighted by molar-refractivity contribution is -0.141. The lowest BCUT2D eigenvalue weighted by atomic mass is 10.1. The number of carbonyl (C=O) groups excluding carboxylic acids is 1. The average molecular weight is 253 g/mol. The van der Waals surface area contributed by atoms with Crippen LogP contribution >= 0.6 is 0 Å². The third-order valence-corrected chi connectivity index (χ3v) is 2.93. The Morgan fingerprint density at radius 2 is 2.06 bits per heavy atom. The third kappa shape index (κ3) is 3.09. The van der Waals surface area contributed by atoms with Gasteiger partial charge in [0.15, 0.2) is 0 Å². The molecule has 0 saturated heterocycles. The van der Waals surface area contributed by atoms with Crippen LogP contribution in [0.3, 0.4) is 0 Å². The van der Waals surface area contributed by atoms with Gasteiger partial charge < -0.3 is 10.4 Å². The van der Waals surface area contributed by atoms with Crippen molar-refractivity contribution < 1.29 is 14.7 Å². The average Bonchev–Trinajstić information content (AvgIpc) is 2.53. The Hall–Kier alpha value is -1.85. The minimum absolute atomic E-state index is 0.0459. The molecule has 6 nitrogen and oxygen atoms in total. The molecule has 0 aromatic carbocycles. The molecule has 1 aromatic rings. The molecule has 0 fully saturated rings. The molecule has 0 aliphatic rings. The van der Waals surface area contributed by atoms with E-state index in [-0.39, 0.29) is 12.5 Å². The highest BCUT2D eigenvalue weighted by molar-refractivity contribution is 5.83. The van der Waals surface area contributed by atoms with E-state index in [0.29, 0.717) is 0 Å². The summed E-state index contributed by atoms with van der Waals surface area (Å²) in [5.41, 5.74) is 3.00. The summed E-state index contributed by atoms with van der Waals surface area (Å²) in [7, 11) is 0. The molecule has 0 aliphatic heterocycles. The Kier molecular flexibility index (Phi) is 4.47. The topological polar surface area (TPSA) is 84.2 Å². The molecular formula is C12H19N3O3. The van der Waals surface area contributed by atoms with Crippen LogP contribution in [0.15, 0.2) is 0 Å². The molecule has 1 rings (SSSR count). The van der Waals surface area contributed by atoms with E-state index in [1.54, 1.807) is 4.68 Å². The number of aromatic nitrogens is 2. The van der Waals surface area contributed by atoms with Crippen LogP contribution in [0.5, 0.6) is 0 Å². The summed E-state index contributed by atoms with van der Waals surface area (Å²) in [6.07, 6.45) is 0.866. The lowest BCUT2D eigenvalue weighted by Crippen LogP contribution is -2.40. The normalized spacial score (nSPS) is 12.2. The van der Waals surface area contributed by atoms with Gasteiger partial charge in [0.1, 0.15) is 12.6 Å². The van der Waals surface area contributed by atoms with Crippen molar-refractivity contribution in [2.45, 2.75) is 46.7 Å². The number of carboxylic acid groups (broad SMARTS) is 1. The number of carboxylic acids is 1. The number of aliphatic carboxylic acids is 1. The standard InChI is InChI=1S/C12H19N3O3/c1-5-10-7(2)14-15(9(10)4)6-11(16)13-8(3)12(17)18/h8H,5-6H2,1-4H3,(H,13,16)(H,17,18)/t8-/m1/s1. The maximum absolute atomic E-state index is 11.7. The smallest absolute Gasteiger partial charge is 0.325 e. The van der Waals surface area contributed by atoms with Gasteiger partial charge in [0.2, 0.25) is 5.91 Å². The van der Waals surface area contributed by atoms with E-state index in [0.717, 1.165) is 23.4 Å². The van der Waals surface area contributed by atoms with Crippen molar-refractivity contribution in [1.29, 1.82) is 0 Å². The van der Waals surface area contributed by atoms with Crippen LogP contribution in [0, 0.1) is 13.8 Å². The number of nitrogens with one attached hydrogen (secondary N) is 1.